The van der Waals surface area contributed by atoms with Crippen LogP contribution in [0.1, 0.15) is 29.9 Å². The summed E-state index contributed by atoms with van der Waals surface area (Å²) in [7, 11) is 2.95. The van der Waals surface area contributed by atoms with Gasteiger partial charge in [0.15, 0.2) is 5.69 Å². The van der Waals surface area contributed by atoms with Crippen LogP contribution < -0.4 is 0 Å². The Balaban J connectivity index is 3.33. The molecule has 0 amide bonds. The molecule has 86 valence electrons. The van der Waals surface area contributed by atoms with Crippen molar-refractivity contribution in [2.24, 2.45) is 12.0 Å². The normalized spacial score (nSPS) is 10.8. The van der Waals surface area contributed by atoms with Crippen LogP contribution in [-0.2, 0) is 22.1 Å². The summed E-state index contributed by atoms with van der Waals surface area (Å²) < 4.78 is 6.08. The van der Waals surface area contributed by atoms with E-state index in [0.29, 0.717) is 5.56 Å². The maximum atomic E-state index is 11.5. The van der Waals surface area contributed by atoms with Crippen molar-refractivity contribution in [3.05, 3.63) is 17.5 Å². The highest BCUT2D eigenvalue weighted by Crippen LogP contribution is 2.27. The fraction of sp³-hybridized carbons (Fsp3) is 0.500. The molecule has 1 rings (SSSR count). The molecule has 0 saturated heterocycles. The van der Waals surface area contributed by atoms with Gasteiger partial charge in [-0.2, -0.15) is 10.1 Å². The maximum absolute atomic E-state index is 11.5. The summed E-state index contributed by atoms with van der Waals surface area (Å²) in [5.74, 6) is -0.551. The predicted molar refractivity (Wildman–Crippen MR) is 55.7 cm³/mol. The number of carbonyl (C=O) groups excluding carboxylic acids is 2. The minimum atomic E-state index is -0.848. The van der Waals surface area contributed by atoms with E-state index in [0.717, 1.165) is 0 Å². The van der Waals surface area contributed by atoms with E-state index < -0.39 is 11.5 Å². The number of methoxy groups -OCH3 is 1. The summed E-state index contributed by atoms with van der Waals surface area (Å²) in [5.41, 5.74) is -0.154. The van der Waals surface area contributed by atoms with Gasteiger partial charge in [0.1, 0.15) is 0 Å². The zero-order valence-corrected chi connectivity index (χ0v) is 9.64. The lowest BCUT2D eigenvalue weighted by Crippen LogP contribution is -2.18. The topological polar surface area (TPSA) is 73.5 Å². The van der Waals surface area contributed by atoms with Crippen molar-refractivity contribution in [3.63, 3.8) is 0 Å². The molecular formula is C10H13N3O3. The Hall–Kier alpha value is -1.94. The predicted octanol–water partition coefficient (Wildman–Crippen LogP) is 0.778. The lowest BCUT2D eigenvalue weighted by Gasteiger charge is -2.16. The number of hydrogen-bond acceptors (Lipinski definition) is 5. The van der Waals surface area contributed by atoms with Gasteiger partial charge in [-0.15, -0.1) is 0 Å². The summed E-state index contributed by atoms with van der Waals surface area (Å²) in [4.78, 5) is 25.4. The van der Waals surface area contributed by atoms with Gasteiger partial charge >= 0.3 is 5.97 Å². The van der Waals surface area contributed by atoms with Crippen molar-refractivity contribution in [1.29, 1.82) is 0 Å². The zero-order chi connectivity index (χ0) is 12.3. The van der Waals surface area contributed by atoms with E-state index in [1.807, 2.05) is 0 Å². The zero-order valence-electron chi connectivity index (χ0n) is 9.64. The van der Waals surface area contributed by atoms with E-state index in [1.54, 1.807) is 27.1 Å². The first-order chi connectivity index (χ1) is 7.42. The number of aryl methyl sites for hydroxylation is 1. The summed E-state index contributed by atoms with van der Waals surface area (Å²) in [5, 5.41) is 3.98. The third kappa shape index (κ3) is 2.17. The molecule has 0 aliphatic carbocycles. The number of esters is 1. The number of ether oxygens (including phenoxy) is 1. The van der Waals surface area contributed by atoms with Crippen molar-refractivity contribution in [2.75, 3.05) is 7.11 Å². The standard InChI is InChI=1S/C10H13N3O3/c1-10(2,11-6-14)7-5-13(3)12-8(7)9(15)16-4/h5H,1-4H3. The second-order valence-corrected chi connectivity index (χ2v) is 3.82. The molecule has 1 heterocycles. The smallest absolute Gasteiger partial charge is 0.358 e. The molecule has 0 aliphatic heterocycles. The number of rotatable bonds is 3. The molecule has 1 aromatic rings. The van der Waals surface area contributed by atoms with Crippen LogP contribution in [0.2, 0.25) is 0 Å². The molecule has 1 aromatic heterocycles. The average molecular weight is 223 g/mol. The SMILES string of the molecule is COC(=O)c1nn(C)cc1C(C)(C)N=C=O. The number of isocyanates is 1. The lowest BCUT2D eigenvalue weighted by atomic mass is 9.96. The van der Waals surface area contributed by atoms with Gasteiger partial charge in [-0.1, -0.05) is 0 Å². The number of carbonyl (C=O) groups is 1. The van der Waals surface area contributed by atoms with Crippen LogP contribution in [0.5, 0.6) is 0 Å². The number of hydrogen-bond donors (Lipinski definition) is 0. The van der Waals surface area contributed by atoms with Crippen LogP contribution in [0, 0.1) is 0 Å². The molecule has 0 fully saturated rings. The van der Waals surface area contributed by atoms with Gasteiger partial charge in [0.2, 0.25) is 6.08 Å². The molecule has 0 bridgehead atoms. The molecule has 0 atom stereocenters. The molecule has 0 aliphatic rings. The summed E-state index contributed by atoms with van der Waals surface area (Å²) in [6.07, 6.45) is 3.12. The van der Waals surface area contributed by atoms with Crippen LogP contribution in [-0.4, -0.2) is 28.9 Å². The molecule has 0 N–H and O–H groups in total. The Morgan fingerprint density at radius 1 is 1.62 bits per heavy atom. The first kappa shape index (κ1) is 12.1. The monoisotopic (exact) mass is 223 g/mol. The molecule has 0 aromatic carbocycles. The van der Waals surface area contributed by atoms with Gasteiger partial charge in [-0.3, -0.25) is 4.68 Å². The van der Waals surface area contributed by atoms with Gasteiger partial charge in [-0.25, -0.2) is 9.59 Å². The van der Waals surface area contributed by atoms with Gasteiger partial charge < -0.3 is 4.74 Å². The second-order valence-electron chi connectivity index (χ2n) is 3.82. The Morgan fingerprint density at radius 3 is 2.75 bits per heavy atom. The van der Waals surface area contributed by atoms with Gasteiger partial charge in [0.25, 0.3) is 0 Å². The molecule has 0 radical (unpaired) electrons. The summed E-state index contributed by atoms with van der Waals surface area (Å²) in [6.45, 7) is 3.39. The van der Waals surface area contributed by atoms with Crippen molar-refractivity contribution >= 4 is 12.0 Å². The van der Waals surface area contributed by atoms with Crippen LogP contribution >= 0.6 is 0 Å². The van der Waals surface area contributed by atoms with Crippen LogP contribution in [0.4, 0.5) is 0 Å². The second kappa shape index (κ2) is 4.28. The Bertz CT molecular complexity index is 456. The Labute approximate surface area is 92.9 Å². The van der Waals surface area contributed by atoms with E-state index in [9.17, 15) is 9.59 Å². The lowest BCUT2D eigenvalue weighted by molar-refractivity contribution is 0.0590. The van der Waals surface area contributed by atoms with E-state index in [-0.39, 0.29) is 5.69 Å². The number of aromatic nitrogens is 2. The van der Waals surface area contributed by atoms with Crippen molar-refractivity contribution in [1.82, 2.24) is 9.78 Å². The highest BCUT2D eigenvalue weighted by atomic mass is 16.5. The van der Waals surface area contributed by atoms with E-state index in [1.165, 1.54) is 17.9 Å². The largest absolute Gasteiger partial charge is 0.464 e. The molecule has 0 saturated carbocycles. The third-order valence-corrected chi connectivity index (χ3v) is 2.19. The molecule has 0 unspecified atom stereocenters. The summed E-state index contributed by atoms with van der Waals surface area (Å²) in [6, 6.07) is 0. The maximum Gasteiger partial charge on any atom is 0.358 e. The summed E-state index contributed by atoms with van der Waals surface area (Å²) >= 11 is 0. The van der Waals surface area contributed by atoms with Crippen molar-refractivity contribution in [2.45, 2.75) is 19.4 Å². The Kier molecular flexibility index (Phi) is 3.25. The fourth-order valence-electron chi connectivity index (χ4n) is 1.36. The first-order valence-corrected chi connectivity index (χ1v) is 4.64. The van der Waals surface area contributed by atoms with Crippen LogP contribution in [0.25, 0.3) is 0 Å². The van der Waals surface area contributed by atoms with Crippen molar-refractivity contribution < 1.29 is 14.3 Å². The molecule has 16 heavy (non-hydrogen) atoms. The molecule has 6 nitrogen and oxygen atoms in total. The molecule has 6 heteroatoms. The quantitative estimate of drug-likeness (QED) is 0.431. The minimum Gasteiger partial charge on any atom is -0.464 e. The van der Waals surface area contributed by atoms with Gasteiger partial charge in [0.05, 0.1) is 12.6 Å². The molecular weight excluding hydrogens is 210 g/mol. The Morgan fingerprint density at radius 2 is 2.25 bits per heavy atom. The first-order valence-electron chi connectivity index (χ1n) is 4.64. The van der Waals surface area contributed by atoms with Gasteiger partial charge in [0, 0.05) is 18.8 Å². The highest BCUT2D eigenvalue weighted by Gasteiger charge is 2.29. The minimum absolute atomic E-state index is 0.161. The van der Waals surface area contributed by atoms with Crippen LogP contribution in [0.3, 0.4) is 0 Å². The van der Waals surface area contributed by atoms with Crippen molar-refractivity contribution in [3.8, 4) is 0 Å². The average Bonchev–Trinajstić information content (AvgIpc) is 2.60. The number of aliphatic imine (C=N–C) groups is 1. The van der Waals surface area contributed by atoms with Crippen LogP contribution in [0.15, 0.2) is 11.2 Å². The van der Waals surface area contributed by atoms with E-state index >= 15 is 0 Å². The highest BCUT2D eigenvalue weighted by molar-refractivity contribution is 5.89. The number of nitrogens with zero attached hydrogens (tertiary/aromatic N) is 3. The molecule has 0 spiro atoms. The third-order valence-electron chi connectivity index (χ3n) is 2.19. The fourth-order valence-corrected chi connectivity index (χ4v) is 1.36. The van der Waals surface area contributed by atoms with Gasteiger partial charge in [-0.05, 0) is 13.8 Å². The van der Waals surface area contributed by atoms with E-state index in [2.05, 4.69) is 14.8 Å². The van der Waals surface area contributed by atoms with E-state index in [4.69, 9.17) is 0 Å².